The Morgan fingerprint density at radius 1 is 1.14 bits per heavy atom. The van der Waals surface area contributed by atoms with Crippen molar-refractivity contribution in [3.63, 3.8) is 0 Å². The number of rotatable bonds is 6. The molecule has 1 aromatic carbocycles. The summed E-state index contributed by atoms with van der Waals surface area (Å²) in [4.78, 5) is 9.49. The SMILES string of the molecule is CCNc1nc(CCC(C)C)nc(-c2ccccc2)c1I. The quantitative estimate of drug-likeness (QED) is 0.717. The van der Waals surface area contributed by atoms with Crippen LogP contribution in [0.4, 0.5) is 5.82 Å². The topological polar surface area (TPSA) is 37.8 Å². The lowest BCUT2D eigenvalue weighted by atomic mass is 10.1. The number of nitrogens with one attached hydrogen (secondary N) is 1. The van der Waals surface area contributed by atoms with E-state index in [1.165, 1.54) is 0 Å². The maximum Gasteiger partial charge on any atom is 0.143 e. The first-order valence-corrected chi connectivity index (χ1v) is 8.55. The number of hydrogen-bond donors (Lipinski definition) is 1. The van der Waals surface area contributed by atoms with Gasteiger partial charge in [-0.1, -0.05) is 44.2 Å². The van der Waals surface area contributed by atoms with Crippen molar-refractivity contribution in [2.24, 2.45) is 5.92 Å². The molecule has 0 saturated carbocycles. The largest absolute Gasteiger partial charge is 0.369 e. The molecule has 4 heteroatoms. The van der Waals surface area contributed by atoms with Gasteiger partial charge in [-0.2, -0.15) is 0 Å². The first-order chi connectivity index (χ1) is 10.1. The molecule has 1 heterocycles. The van der Waals surface area contributed by atoms with Gasteiger partial charge >= 0.3 is 0 Å². The second kappa shape index (κ2) is 7.73. The van der Waals surface area contributed by atoms with Crippen LogP contribution in [0.5, 0.6) is 0 Å². The molecule has 0 aliphatic carbocycles. The van der Waals surface area contributed by atoms with E-state index in [4.69, 9.17) is 9.97 Å². The monoisotopic (exact) mass is 395 g/mol. The Hall–Kier alpha value is -1.17. The second-order valence-electron chi connectivity index (χ2n) is 5.48. The van der Waals surface area contributed by atoms with Crippen molar-refractivity contribution >= 4 is 28.4 Å². The number of anilines is 1. The first kappa shape index (κ1) is 16.2. The molecule has 1 aromatic heterocycles. The molecule has 0 amide bonds. The molecule has 0 fully saturated rings. The summed E-state index contributed by atoms with van der Waals surface area (Å²) in [6.45, 7) is 7.42. The number of benzene rings is 1. The molecule has 1 N–H and O–H groups in total. The molecule has 21 heavy (non-hydrogen) atoms. The Kier molecular flexibility index (Phi) is 5.96. The van der Waals surface area contributed by atoms with E-state index in [1.54, 1.807) is 0 Å². The van der Waals surface area contributed by atoms with E-state index in [9.17, 15) is 0 Å². The molecule has 0 atom stereocenters. The van der Waals surface area contributed by atoms with Crippen LogP contribution in [0.2, 0.25) is 0 Å². The molecule has 0 bridgehead atoms. The molecule has 0 saturated heterocycles. The van der Waals surface area contributed by atoms with Gasteiger partial charge in [0.05, 0.1) is 9.26 Å². The number of nitrogens with zero attached hydrogens (tertiary/aromatic N) is 2. The first-order valence-electron chi connectivity index (χ1n) is 7.47. The maximum absolute atomic E-state index is 4.80. The average molecular weight is 395 g/mol. The summed E-state index contributed by atoms with van der Waals surface area (Å²) in [6, 6.07) is 10.3. The summed E-state index contributed by atoms with van der Waals surface area (Å²) in [5.74, 6) is 2.54. The highest BCUT2D eigenvalue weighted by molar-refractivity contribution is 14.1. The fourth-order valence-corrected chi connectivity index (χ4v) is 2.84. The predicted molar refractivity (Wildman–Crippen MR) is 97.5 cm³/mol. The van der Waals surface area contributed by atoms with E-state index in [0.29, 0.717) is 5.92 Å². The molecule has 0 aliphatic rings. The number of hydrogen-bond acceptors (Lipinski definition) is 3. The van der Waals surface area contributed by atoms with Crippen LogP contribution in [0, 0.1) is 9.49 Å². The molecule has 112 valence electrons. The van der Waals surface area contributed by atoms with Crippen molar-refractivity contribution in [3.8, 4) is 11.3 Å². The fraction of sp³-hybridized carbons (Fsp3) is 0.412. The van der Waals surface area contributed by atoms with Crippen LogP contribution < -0.4 is 5.32 Å². The van der Waals surface area contributed by atoms with Crippen LogP contribution in [-0.2, 0) is 6.42 Å². The van der Waals surface area contributed by atoms with Crippen molar-refractivity contribution in [1.82, 2.24) is 9.97 Å². The fourth-order valence-electron chi connectivity index (χ4n) is 2.09. The van der Waals surface area contributed by atoms with Gasteiger partial charge < -0.3 is 5.32 Å². The number of aromatic nitrogens is 2. The normalized spacial score (nSPS) is 10.9. The van der Waals surface area contributed by atoms with E-state index in [2.05, 4.69) is 60.8 Å². The van der Waals surface area contributed by atoms with E-state index >= 15 is 0 Å². The van der Waals surface area contributed by atoms with Crippen LogP contribution in [0.1, 0.15) is 33.0 Å². The van der Waals surface area contributed by atoms with Crippen LogP contribution in [0.15, 0.2) is 30.3 Å². The lowest BCUT2D eigenvalue weighted by Gasteiger charge is -2.13. The molecule has 2 rings (SSSR count). The number of aryl methyl sites for hydroxylation is 1. The molecule has 0 spiro atoms. The van der Waals surface area contributed by atoms with Gasteiger partial charge in [0, 0.05) is 18.5 Å². The Bertz CT molecular complexity index is 582. The van der Waals surface area contributed by atoms with Crippen molar-refractivity contribution in [1.29, 1.82) is 0 Å². The zero-order valence-corrected chi connectivity index (χ0v) is 15.0. The van der Waals surface area contributed by atoms with E-state index in [0.717, 1.165) is 45.9 Å². The number of halogens is 1. The van der Waals surface area contributed by atoms with Gasteiger partial charge in [-0.05, 0) is 41.9 Å². The van der Waals surface area contributed by atoms with Gasteiger partial charge in [0.25, 0.3) is 0 Å². The average Bonchev–Trinajstić information content (AvgIpc) is 2.49. The van der Waals surface area contributed by atoms with Crippen LogP contribution in [-0.4, -0.2) is 16.5 Å². The zero-order chi connectivity index (χ0) is 15.2. The summed E-state index contributed by atoms with van der Waals surface area (Å²) in [6.07, 6.45) is 2.03. The lowest BCUT2D eigenvalue weighted by molar-refractivity contribution is 0.575. The Morgan fingerprint density at radius 2 is 1.86 bits per heavy atom. The minimum absolute atomic E-state index is 0.663. The van der Waals surface area contributed by atoms with Gasteiger partial charge in [0.2, 0.25) is 0 Å². The zero-order valence-electron chi connectivity index (χ0n) is 12.9. The lowest BCUT2D eigenvalue weighted by Crippen LogP contribution is -2.08. The highest BCUT2D eigenvalue weighted by atomic mass is 127. The molecule has 0 aliphatic heterocycles. The highest BCUT2D eigenvalue weighted by Crippen LogP contribution is 2.28. The Morgan fingerprint density at radius 3 is 2.48 bits per heavy atom. The molecular weight excluding hydrogens is 373 g/mol. The summed E-state index contributed by atoms with van der Waals surface area (Å²) in [5, 5.41) is 3.36. The smallest absolute Gasteiger partial charge is 0.143 e. The minimum Gasteiger partial charge on any atom is -0.369 e. The Balaban J connectivity index is 2.42. The van der Waals surface area contributed by atoms with E-state index < -0.39 is 0 Å². The van der Waals surface area contributed by atoms with E-state index in [1.807, 2.05) is 18.2 Å². The van der Waals surface area contributed by atoms with Crippen molar-refractivity contribution in [2.75, 3.05) is 11.9 Å². The van der Waals surface area contributed by atoms with Gasteiger partial charge in [0.15, 0.2) is 0 Å². The summed E-state index contributed by atoms with van der Waals surface area (Å²) in [5.41, 5.74) is 2.18. The van der Waals surface area contributed by atoms with Crippen LogP contribution in [0.25, 0.3) is 11.3 Å². The second-order valence-corrected chi connectivity index (χ2v) is 6.56. The molecule has 3 nitrogen and oxygen atoms in total. The Labute approximate surface area is 140 Å². The van der Waals surface area contributed by atoms with Crippen LogP contribution in [0.3, 0.4) is 0 Å². The van der Waals surface area contributed by atoms with Gasteiger partial charge in [0.1, 0.15) is 11.6 Å². The van der Waals surface area contributed by atoms with Crippen molar-refractivity contribution in [2.45, 2.75) is 33.6 Å². The highest BCUT2D eigenvalue weighted by Gasteiger charge is 2.13. The van der Waals surface area contributed by atoms with Gasteiger partial charge in [-0.3, -0.25) is 0 Å². The third-order valence-corrected chi connectivity index (χ3v) is 4.26. The third kappa shape index (κ3) is 4.40. The third-order valence-electron chi connectivity index (χ3n) is 3.23. The molecule has 2 aromatic rings. The van der Waals surface area contributed by atoms with Gasteiger partial charge in [-0.25, -0.2) is 9.97 Å². The maximum atomic E-state index is 4.80. The summed E-state index contributed by atoms with van der Waals surface area (Å²) in [7, 11) is 0. The standard InChI is InChI=1S/C17H22IN3/c1-4-19-17-15(18)16(13-8-6-5-7-9-13)20-14(21-17)11-10-12(2)3/h5-9,12H,4,10-11H2,1-3H3,(H,19,20,21). The minimum atomic E-state index is 0.663. The van der Waals surface area contributed by atoms with Crippen LogP contribution >= 0.6 is 22.6 Å². The van der Waals surface area contributed by atoms with Crippen molar-refractivity contribution < 1.29 is 0 Å². The summed E-state index contributed by atoms with van der Waals surface area (Å²) < 4.78 is 1.09. The van der Waals surface area contributed by atoms with Crippen molar-refractivity contribution in [3.05, 3.63) is 39.7 Å². The predicted octanol–water partition coefficient (Wildman–Crippen LogP) is 4.77. The molecular formula is C17H22IN3. The molecule has 0 radical (unpaired) electrons. The van der Waals surface area contributed by atoms with E-state index in [-0.39, 0.29) is 0 Å². The summed E-state index contributed by atoms with van der Waals surface area (Å²) >= 11 is 2.34. The van der Waals surface area contributed by atoms with Gasteiger partial charge in [-0.15, -0.1) is 0 Å². The molecule has 0 unspecified atom stereocenters.